The van der Waals surface area contributed by atoms with Crippen molar-refractivity contribution in [3.8, 4) is 0 Å². The van der Waals surface area contributed by atoms with Gasteiger partial charge in [-0.25, -0.2) is 0 Å². The highest BCUT2D eigenvalue weighted by Crippen LogP contribution is 2.18. The zero-order chi connectivity index (χ0) is 14.3. The predicted molar refractivity (Wildman–Crippen MR) is 83.4 cm³/mol. The lowest BCUT2D eigenvalue weighted by molar-refractivity contribution is 0.143. The molecule has 0 aromatic heterocycles. The standard InChI is InChI=1S/C15H32N4/c1-12(2)7-8-17-15(16)18-10-14-6-5-9-19(11-14)13(3)4/h12-14H,5-11H2,1-4H3,(H3,16,17,18). The van der Waals surface area contributed by atoms with Crippen LogP contribution in [0.3, 0.4) is 0 Å². The van der Waals surface area contributed by atoms with Gasteiger partial charge in [-0.2, -0.15) is 0 Å². The van der Waals surface area contributed by atoms with Gasteiger partial charge >= 0.3 is 0 Å². The molecule has 1 aliphatic rings. The molecule has 0 saturated carbocycles. The van der Waals surface area contributed by atoms with Gasteiger partial charge in [0.25, 0.3) is 0 Å². The summed E-state index contributed by atoms with van der Waals surface area (Å²) in [6.45, 7) is 13.2. The molecule has 0 radical (unpaired) electrons. The molecule has 4 nitrogen and oxygen atoms in total. The van der Waals surface area contributed by atoms with Crippen molar-refractivity contribution in [3.63, 3.8) is 0 Å². The van der Waals surface area contributed by atoms with Crippen molar-refractivity contribution in [2.24, 2.45) is 22.6 Å². The highest BCUT2D eigenvalue weighted by molar-refractivity contribution is 5.77. The number of rotatable bonds is 6. The van der Waals surface area contributed by atoms with Crippen LogP contribution in [0.15, 0.2) is 4.99 Å². The van der Waals surface area contributed by atoms with E-state index in [0.29, 0.717) is 23.8 Å². The monoisotopic (exact) mass is 268 g/mol. The Morgan fingerprint density at radius 1 is 1.37 bits per heavy atom. The Kier molecular flexibility index (Phi) is 7.21. The molecule has 19 heavy (non-hydrogen) atoms. The van der Waals surface area contributed by atoms with Crippen molar-refractivity contribution >= 4 is 5.96 Å². The first-order valence-corrected chi connectivity index (χ1v) is 7.77. The highest BCUT2D eigenvalue weighted by atomic mass is 15.2. The van der Waals surface area contributed by atoms with E-state index in [0.717, 1.165) is 19.5 Å². The number of nitrogens with two attached hydrogens (primary N) is 1. The first-order valence-electron chi connectivity index (χ1n) is 7.77. The maximum Gasteiger partial charge on any atom is 0.188 e. The lowest BCUT2D eigenvalue weighted by Gasteiger charge is -2.34. The molecule has 4 heteroatoms. The van der Waals surface area contributed by atoms with Crippen LogP contribution >= 0.6 is 0 Å². The minimum atomic E-state index is 0.613. The van der Waals surface area contributed by atoms with Gasteiger partial charge in [0.2, 0.25) is 0 Å². The molecule has 0 aliphatic carbocycles. The van der Waals surface area contributed by atoms with E-state index >= 15 is 0 Å². The van der Waals surface area contributed by atoms with E-state index in [1.165, 1.54) is 25.9 Å². The van der Waals surface area contributed by atoms with Gasteiger partial charge in [0, 0.05) is 25.7 Å². The van der Waals surface area contributed by atoms with Crippen LogP contribution in [0.25, 0.3) is 0 Å². The zero-order valence-corrected chi connectivity index (χ0v) is 13.2. The van der Waals surface area contributed by atoms with Gasteiger partial charge in [-0.3, -0.25) is 4.99 Å². The summed E-state index contributed by atoms with van der Waals surface area (Å²) in [5.41, 5.74) is 5.90. The van der Waals surface area contributed by atoms with Crippen LogP contribution in [0.4, 0.5) is 0 Å². The zero-order valence-electron chi connectivity index (χ0n) is 13.2. The second kappa shape index (κ2) is 8.41. The summed E-state index contributed by atoms with van der Waals surface area (Å²) >= 11 is 0. The van der Waals surface area contributed by atoms with E-state index in [1.54, 1.807) is 0 Å². The average Bonchev–Trinajstić information content (AvgIpc) is 2.36. The normalized spacial score (nSPS) is 22.2. The van der Waals surface area contributed by atoms with E-state index in [9.17, 15) is 0 Å². The number of hydrogen-bond acceptors (Lipinski definition) is 2. The molecule has 0 spiro atoms. The predicted octanol–water partition coefficient (Wildman–Crippen LogP) is 2.06. The number of nitrogens with zero attached hydrogens (tertiary/aromatic N) is 2. The maximum absolute atomic E-state index is 5.90. The Morgan fingerprint density at radius 3 is 2.74 bits per heavy atom. The second-order valence-electron chi connectivity index (χ2n) is 6.43. The molecule has 0 bridgehead atoms. The van der Waals surface area contributed by atoms with Crippen molar-refractivity contribution in [2.45, 2.75) is 53.0 Å². The molecular weight excluding hydrogens is 236 g/mol. The SMILES string of the molecule is CC(C)CCNC(N)=NCC1CCCN(C(C)C)C1. The highest BCUT2D eigenvalue weighted by Gasteiger charge is 2.21. The maximum atomic E-state index is 5.90. The van der Waals surface area contributed by atoms with Gasteiger partial charge in [0.15, 0.2) is 5.96 Å². The molecule has 1 unspecified atom stereocenters. The van der Waals surface area contributed by atoms with Crippen LogP contribution < -0.4 is 11.1 Å². The number of nitrogens with one attached hydrogen (secondary N) is 1. The summed E-state index contributed by atoms with van der Waals surface area (Å²) in [7, 11) is 0. The van der Waals surface area contributed by atoms with E-state index < -0.39 is 0 Å². The van der Waals surface area contributed by atoms with Gasteiger partial charge in [0.05, 0.1) is 0 Å². The summed E-state index contributed by atoms with van der Waals surface area (Å²) in [6, 6.07) is 0.647. The lowest BCUT2D eigenvalue weighted by atomic mass is 9.97. The summed E-state index contributed by atoms with van der Waals surface area (Å²) < 4.78 is 0. The van der Waals surface area contributed by atoms with Gasteiger partial charge in [-0.1, -0.05) is 13.8 Å². The third-order valence-electron chi connectivity index (χ3n) is 3.83. The Bertz CT molecular complexity index is 273. The number of guanidine groups is 1. The van der Waals surface area contributed by atoms with E-state index in [-0.39, 0.29) is 0 Å². The molecule has 0 aromatic rings. The smallest absolute Gasteiger partial charge is 0.188 e. The Labute approximate surface area is 118 Å². The van der Waals surface area contributed by atoms with E-state index in [1.807, 2.05) is 0 Å². The molecule has 1 rings (SSSR count). The lowest BCUT2D eigenvalue weighted by Crippen LogP contribution is -2.41. The number of aliphatic imine (C=N–C) groups is 1. The van der Waals surface area contributed by atoms with Gasteiger partial charge in [-0.05, 0) is 51.5 Å². The first-order chi connectivity index (χ1) is 8.99. The Hall–Kier alpha value is -0.770. The molecule has 1 saturated heterocycles. The van der Waals surface area contributed by atoms with Crippen LogP contribution in [-0.2, 0) is 0 Å². The summed E-state index contributed by atoms with van der Waals surface area (Å²) in [5, 5.41) is 3.20. The number of hydrogen-bond donors (Lipinski definition) is 2. The van der Waals surface area contributed by atoms with Crippen molar-refractivity contribution < 1.29 is 0 Å². The molecule has 1 heterocycles. The molecule has 1 atom stereocenters. The fraction of sp³-hybridized carbons (Fsp3) is 0.933. The molecule has 0 amide bonds. The minimum Gasteiger partial charge on any atom is -0.370 e. The fourth-order valence-corrected chi connectivity index (χ4v) is 2.49. The molecule has 1 fully saturated rings. The third-order valence-corrected chi connectivity index (χ3v) is 3.83. The van der Waals surface area contributed by atoms with Crippen molar-refractivity contribution in [1.82, 2.24) is 10.2 Å². The average molecular weight is 268 g/mol. The molecular formula is C15H32N4. The minimum absolute atomic E-state index is 0.613. The van der Waals surface area contributed by atoms with Gasteiger partial charge < -0.3 is 16.0 Å². The second-order valence-corrected chi connectivity index (χ2v) is 6.43. The number of likely N-dealkylation sites (tertiary alicyclic amines) is 1. The molecule has 1 aliphatic heterocycles. The van der Waals surface area contributed by atoms with Crippen LogP contribution in [-0.4, -0.2) is 43.1 Å². The van der Waals surface area contributed by atoms with Crippen LogP contribution in [0.1, 0.15) is 47.0 Å². The molecule has 3 N–H and O–H groups in total. The summed E-state index contributed by atoms with van der Waals surface area (Å²) in [6.07, 6.45) is 3.71. The Morgan fingerprint density at radius 2 is 2.11 bits per heavy atom. The molecule has 112 valence electrons. The van der Waals surface area contributed by atoms with Gasteiger partial charge in [-0.15, -0.1) is 0 Å². The van der Waals surface area contributed by atoms with E-state index in [4.69, 9.17) is 5.73 Å². The van der Waals surface area contributed by atoms with Crippen molar-refractivity contribution in [2.75, 3.05) is 26.2 Å². The van der Waals surface area contributed by atoms with Crippen molar-refractivity contribution in [1.29, 1.82) is 0 Å². The quantitative estimate of drug-likeness (QED) is 0.573. The third kappa shape index (κ3) is 6.81. The fourth-order valence-electron chi connectivity index (χ4n) is 2.49. The largest absolute Gasteiger partial charge is 0.370 e. The van der Waals surface area contributed by atoms with Crippen LogP contribution in [0.2, 0.25) is 0 Å². The van der Waals surface area contributed by atoms with E-state index in [2.05, 4.69) is 42.9 Å². The van der Waals surface area contributed by atoms with Crippen molar-refractivity contribution in [3.05, 3.63) is 0 Å². The number of piperidine rings is 1. The Balaban J connectivity index is 2.26. The first kappa shape index (κ1) is 16.3. The van der Waals surface area contributed by atoms with Crippen LogP contribution in [0.5, 0.6) is 0 Å². The molecule has 0 aromatic carbocycles. The summed E-state index contributed by atoms with van der Waals surface area (Å²) in [4.78, 5) is 7.04. The topological polar surface area (TPSA) is 53.6 Å². The van der Waals surface area contributed by atoms with Crippen LogP contribution in [0, 0.1) is 11.8 Å². The summed E-state index contributed by atoms with van der Waals surface area (Å²) in [5.74, 6) is 1.99. The van der Waals surface area contributed by atoms with Gasteiger partial charge in [0.1, 0.15) is 0 Å².